The molecule has 37 heavy (non-hydrogen) atoms. The Morgan fingerprint density at radius 2 is 1.84 bits per heavy atom. The van der Waals surface area contributed by atoms with Gasteiger partial charge in [0.1, 0.15) is 18.0 Å². The molecule has 1 fully saturated rings. The Bertz CT molecular complexity index is 1310. The highest BCUT2D eigenvalue weighted by Gasteiger charge is 2.36. The molecule has 2 N–H and O–H groups in total. The van der Waals surface area contributed by atoms with Crippen molar-refractivity contribution in [2.24, 2.45) is 0 Å². The summed E-state index contributed by atoms with van der Waals surface area (Å²) in [6.07, 6.45) is 4.84. The molecule has 0 radical (unpaired) electrons. The van der Waals surface area contributed by atoms with Gasteiger partial charge in [0, 0.05) is 35.1 Å². The zero-order valence-electron chi connectivity index (χ0n) is 22.3. The van der Waals surface area contributed by atoms with E-state index in [9.17, 15) is 14.4 Å². The van der Waals surface area contributed by atoms with Gasteiger partial charge < -0.3 is 20.3 Å². The van der Waals surface area contributed by atoms with Crippen molar-refractivity contribution in [3.8, 4) is 5.75 Å². The van der Waals surface area contributed by atoms with Crippen molar-refractivity contribution in [1.82, 2.24) is 10.2 Å². The number of fused-ring (bicyclic) bond motifs is 1. The van der Waals surface area contributed by atoms with Crippen LogP contribution in [0.2, 0.25) is 0 Å². The first-order valence-corrected chi connectivity index (χ1v) is 12.4. The first-order chi connectivity index (χ1) is 17.5. The molecule has 8 heteroatoms. The van der Waals surface area contributed by atoms with Gasteiger partial charge in [-0.1, -0.05) is 30.7 Å². The summed E-state index contributed by atoms with van der Waals surface area (Å²) in [5, 5.41) is 5.32. The van der Waals surface area contributed by atoms with Crippen molar-refractivity contribution in [3.05, 3.63) is 64.9 Å². The smallest absolute Gasteiger partial charge is 0.329 e. The summed E-state index contributed by atoms with van der Waals surface area (Å²) < 4.78 is 5.69. The Balaban J connectivity index is 1.60. The van der Waals surface area contributed by atoms with E-state index in [4.69, 9.17) is 4.74 Å². The van der Waals surface area contributed by atoms with E-state index in [1.165, 1.54) is 0 Å². The number of nitrogens with one attached hydrogen (secondary N) is 2. The Morgan fingerprint density at radius 1 is 1.14 bits per heavy atom. The van der Waals surface area contributed by atoms with Crippen LogP contribution in [-0.2, 0) is 9.59 Å². The molecule has 0 aliphatic carbocycles. The van der Waals surface area contributed by atoms with E-state index in [1.54, 1.807) is 25.3 Å². The number of carbonyl (C=O) groups is 3. The second-order valence-electron chi connectivity index (χ2n) is 10.0. The number of urea groups is 1. The number of hydrogen-bond acceptors (Lipinski definition) is 5. The molecule has 0 aromatic heterocycles. The molecule has 0 bridgehead atoms. The second-order valence-corrected chi connectivity index (χ2v) is 10.0. The molecule has 2 aromatic rings. The van der Waals surface area contributed by atoms with Crippen LogP contribution in [0.5, 0.6) is 5.75 Å². The number of methoxy groups -OCH3 is 1. The van der Waals surface area contributed by atoms with Gasteiger partial charge in [-0.15, -0.1) is 0 Å². The van der Waals surface area contributed by atoms with E-state index in [-0.39, 0.29) is 17.8 Å². The Hall–Kier alpha value is -4.07. The first kappa shape index (κ1) is 26.0. The summed E-state index contributed by atoms with van der Waals surface area (Å²) in [5.41, 5.74) is 5.52. The van der Waals surface area contributed by atoms with Gasteiger partial charge in [-0.25, -0.2) is 9.69 Å². The molecule has 2 aromatic carbocycles. The number of benzene rings is 2. The minimum atomic E-state index is -0.640. The maximum atomic E-state index is 13.1. The zero-order valence-corrected chi connectivity index (χ0v) is 22.3. The lowest BCUT2D eigenvalue weighted by Gasteiger charge is -2.43. The highest BCUT2D eigenvalue weighted by Crippen LogP contribution is 2.42. The summed E-state index contributed by atoms with van der Waals surface area (Å²) >= 11 is 0. The molecule has 4 rings (SSSR count). The molecule has 0 unspecified atom stereocenters. The van der Waals surface area contributed by atoms with Gasteiger partial charge in [-0.3, -0.25) is 9.59 Å². The molecule has 0 saturated carbocycles. The quantitative estimate of drug-likeness (QED) is 0.413. The SMILES string of the molecule is CCCN1c2cc(OC)c(/C=C3/NC(=O)N(CC(=O)Nc4ccc(C)cc4)C3=O)cc2C(C)=CC1(C)C. The molecule has 8 nitrogen and oxygen atoms in total. The molecule has 0 spiro atoms. The number of hydrogen-bond donors (Lipinski definition) is 2. The van der Waals surface area contributed by atoms with E-state index in [0.717, 1.165) is 40.3 Å². The lowest BCUT2D eigenvalue weighted by atomic mass is 9.87. The number of aryl methyl sites for hydroxylation is 1. The lowest BCUT2D eigenvalue weighted by molar-refractivity contribution is -0.127. The third-order valence-corrected chi connectivity index (χ3v) is 6.68. The summed E-state index contributed by atoms with van der Waals surface area (Å²) in [6.45, 7) is 11.1. The van der Waals surface area contributed by atoms with E-state index >= 15 is 0 Å². The molecule has 2 aliphatic heterocycles. The number of nitrogens with zero attached hydrogens (tertiary/aromatic N) is 2. The summed E-state index contributed by atoms with van der Waals surface area (Å²) in [5.74, 6) is -0.431. The van der Waals surface area contributed by atoms with Crippen LogP contribution >= 0.6 is 0 Å². The third kappa shape index (κ3) is 5.23. The zero-order chi connectivity index (χ0) is 26.9. The van der Waals surface area contributed by atoms with Gasteiger partial charge in [0.05, 0.1) is 12.6 Å². The molecular formula is C29H34N4O4. The number of ether oxygens (including phenoxy) is 1. The highest BCUT2D eigenvalue weighted by molar-refractivity contribution is 6.16. The number of allylic oxidation sites excluding steroid dienone is 1. The fourth-order valence-electron chi connectivity index (χ4n) is 4.89. The largest absolute Gasteiger partial charge is 0.496 e. The molecule has 0 atom stereocenters. The fraction of sp³-hybridized carbons (Fsp3) is 0.345. The lowest BCUT2D eigenvalue weighted by Crippen LogP contribution is -2.45. The number of imide groups is 1. The van der Waals surface area contributed by atoms with E-state index in [1.807, 2.05) is 31.2 Å². The van der Waals surface area contributed by atoms with Crippen LogP contribution in [-0.4, -0.2) is 48.5 Å². The van der Waals surface area contributed by atoms with Crippen LogP contribution in [0.3, 0.4) is 0 Å². The van der Waals surface area contributed by atoms with Gasteiger partial charge in [-0.2, -0.15) is 0 Å². The van der Waals surface area contributed by atoms with E-state index in [0.29, 0.717) is 17.0 Å². The van der Waals surface area contributed by atoms with Gasteiger partial charge in [0.25, 0.3) is 5.91 Å². The Labute approximate surface area is 218 Å². The van der Waals surface area contributed by atoms with Crippen LogP contribution in [0.1, 0.15) is 50.8 Å². The molecule has 4 amide bonds. The van der Waals surface area contributed by atoms with Crippen LogP contribution in [0.15, 0.2) is 48.2 Å². The van der Waals surface area contributed by atoms with Crippen molar-refractivity contribution in [1.29, 1.82) is 0 Å². The number of anilines is 2. The van der Waals surface area contributed by atoms with Gasteiger partial charge in [0.2, 0.25) is 5.91 Å². The normalized spacial score (nSPS) is 17.5. The van der Waals surface area contributed by atoms with Crippen LogP contribution in [0, 0.1) is 6.92 Å². The number of amides is 4. The minimum Gasteiger partial charge on any atom is -0.496 e. The van der Waals surface area contributed by atoms with Gasteiger partial charge >= 0.3 is 6.03 Å². The van der Waals surface area contributed by atoms with Crippen LogP contribution < -0.4 is 20.3 Å². The Kier molecular flexibility index (Phi) is 7.12. The summed E-state index contributed by atoms with van der Waals surface area (Å²) in [6, 6.07) is 10.6. The monoisotopic (exact) mass is 502 g/mol. The minimum absolute atomic E-state index is 0.0922. The third-order valence-electron chi connectivity index (χ3n) is 6.68. The first-order valence-electron chi connectivity index (χ1n) is 12.4. The molecular weight excluding hydrogens is 468 g/mol. The molecule has 194 valence electrons. The average molecular weight is 503 g/mol. The molecule has 2 heterocycles. The predicted octanol–water partition coefficient (Wildman–Crippen LogP) is 4.95. The van der Waals surface area contributed by atoms with E-state index < -0.39 is 17.8 Å². The van der Waals surface area contributed by atoms with Crippen LogP contribution in [0.4, 0.5) is 16.2 Å². The standard InChI is InChI=1S/C29H34N4O4/c1-7-12-33-24-15-25(37-6)20(13-22(24)19(3)16-29(33,4)5)14-23-27(35)32(28(36)31-23)17-26(34)30-21-10-8-18(2)9-11-21/h8-11,13-16H,7,12,17H2,1-6H3,(H,30,34)(H,31,36)/b23-14+. The number of rotatable bonds is 7. The van der Waals surface area contributed by atoms with Crippen molar-refractivity contribution >= 4 is 40.9 Å². The topological polar surface area (TPSA) is 91.0 Å². The van der Waals surface area contributed by atoms with Crippen molar-refractivity contribution in [2.75, 3.05) is 30.4 Å². The van der Waals surface area contributed by atoms with Gasteiger partial charge in [0.15, 0.2) is 0 Å². The molecule has 2 aliphatic rings. The van der Waals surface area contributed by atoms with Crippen LogP contribution in [0.25, 0.3) is 11.6 Å². The number of carbonyl (C=O) groups excluding carboxylic acids is 3. The second kappa shape index (κ2) is 10.1. The average Bonchev–Trinajstić information content (AvgIpc) is 3.10. The van der Waals surface area contributed by atoms with Crippen molar-refractivity contribution in [2.45, 2.75) is 46.6 Å². The van der Waals surface area contributed by atoms with E-state index in [2.05, 4.69) is 49.3 Å². The maximum Gasteiger partial charge on any atom is 0.329 e. The van der Waals surface area contributed by atoms with Gasteiger partial charge in [-0.05, 0) is 64.0 Å². The fourth-order valence-corrected chi connectivity index (χ4v) is 4.89. The summed E-state index contributed by atoms with van der Waals surface area (Å²) in [4.78, 5) is 41.4. The Morgan fingerprint density at radius 3 is 2.49 bits per heavy atom. The highest BCUT2D eigenvalue weighted by atomic mass is 16.5. The van der Waals surface area contributed by atoms with Crippen molar-refractivity contribution < 1.29 is 19.1 Å². The predicted molar refractivity (Wildman–Crippen MR) is 146 cm³/mol. The maximum absolute atomic E-state index is 13.1. The van der Waals surface area contributed by atoms with Crippen molar-refractivity contribution in [3.63, 3.8) is 0 Å². The summed E-state index contributed by atoms with van der Waals surface area (Å²) in [7, 11) is 1.58. The molecule has 1 saturated heterocycles.